The summed E-state index contributed by atoms with van der Waals surface area (Å²) in [6.45, 7) is 7.71. The normalized spacial score (nSPS) is 11.7. The second-order valence-corrected chi connectivity index (χ2v) is 6.20. The van der Waals surface area contributed by atoms with Crippen LogP contribution in [0.5, 0.6) is 0 Å². The van der Waals surface area contributed by atoms with Crippen molar-refractivity contribution in [1.29, 1.82) is 0 Å². The van der Waals surface area contributed by atoms with Crippen LogP contribution in [0.15, 0.2) is 15.4 Å². The van der Waals surface area contributed by atoms with Gasteiger partial charge in [-0.2, -0.15) is 14.6 Å². The fraction of sp³-hybridized carbons (Fsp3) is 0.500. The number of nitrogens with zero attached hydrogens (tertiary/aromatic N) is 6. The van der Waals surface area contributed by atoms with Gasteiger partial charge in [-0.05, 0) is 13.0 Å². The summed E-state index contributed by atoms with van der Waals surface area (Å²) in [6, 6.07) is 1.54. The molecular weight excluding hydrogens is 316 g/mol. The zero-order chi connectivity index (χ0) is 16.4. The van der Waals surface area contributed by atoms with Gasteiger partial charge in [0.1, 0.15) is 5.01 Å². The summed E-state index contributed by atoms with van der Waals surface area (Å²) in [6.07, 6.45) is 0.793. The molecule has 0 bridgehead atoms. The van der Waals surface area contributed by atoms with E-state index in [2.05, 4.69) is 25.1 Å². The van der Waals surface area contributed by atoms with Crippen molar-refractivity contribution in [1.82, 2.24) is 29.6 Å². The number of rotatable bonds is 6. The first-order valence-corrected chi connectivity index (χ1v) is 8.31. The van der Waals surface area contributed by atoms with Crippen LogP contribution >= 0.6 is 11.3 Å². The lowest BCUT2D eigenvalue weighted by Gasteiger charge is -2.17. The number of hydrogen-bond acceptors (Lipinski definition) is 8. The Bertz CT molecular complexity index is 868. The highest BCUT2D eigenvalue weighted by atomic mass is 32.1. The fourth-order valence-electron chi connectivity index (χ4n) is 2.23. The predicted molar refractivity (Wildman–Crippen MR) is 85.3 cm³/mol. The highest BCUT2D eigenvalue weighted by molar-refractivity contribution is 7.16. The van der Waals surface area contributed by atoms with E-state index in [9.17, 15) is 4.79 Å². The maximum atomic E-state index is 12.2. The SMILES string of the molecule is CCc1nn2c(=O)cc(CN(CC)Cc3noc(C)n3)nc2s1. The highest BCUT2D eigenvalue weighted by Gasteiger charge is 2.13. The summed E-state index contributed by atoms with van der Waals surface area (Å²) < 4.78 is 6.36. The third kappa shape index (κ3) is 3.45. The Hall–Kier alpha value is -2.13. The Morgan fingerprint density at radius 2 is 2.13 bits per heavy atom. The van der Waals surface area contributed by atoms with E-state index >= 15 is 0 Å². The molecule has 0 atom stereocenters. The van der Waals surface area contributed by atoms with Crippen molar-refractivity contribution in [2.24, 2.45) is 0 Å². The second-order valence-electron chi connectivity index (χ2n) is 5.16. The molecule has 3 aromatic heterocycles. The zero-order valence-corrected chi connectivity index (χ0v) is 14.1. The number of fused-ring (bicyclic) bond motifs is 1. The lowest BCUT2D eigenvalue weighted by molar-refractivity contribution is 0.256. The molecule has 0 aliphatic carbocycles. The van der Waals surface area contributed by atoms with E-state index in [0.717, 1.165) is 23.7 Å². The van der Waals surface area contributed by atoms with Crippen LogP contribution in [0, 0.1) is 6.92 Å². The quantitative estimate of drug-likeness (QED) is 0.673. The Morgan fingerprint density at radius 1 is 1.30 bits per heavy atom. The fourth-order valence-corrected chi connectivity index (χ4v) is 3.09. The highest BCUT2D eigenvalue weighted by Crippen LogP contribution is 2.13. The van der Waals surface area contributed by atoms with Crippen LogP contribution < -0.4 is 5.56 Å². The Morgan fingerprint density at radius 3 is 2.78 bits per heavy atom. The van der Waals surface area contributed by atoms with Crippen molar-refractivity contribution in [3.63, 3.8) is 0 Å². The van der Waals surface area contributed by atoms with E-state index in [1.54, 1.807) is 6.92 Å². The summed E-state index contributed by atoms with van der Waals surface area (Å²) in [5, 5.41) is 9.06. The first-order chi connectivity index (χ1) is 11.1. The third-order valence-corrected chi connectivity index (χ3v) is 4.46. The first-order valence-electron chi connectivity index (χ1n) is 7.49. The average Bonchev–Trinajstić information content (AvgIpc) is 3.12. The summed E-state index contributed by atoms with van der Waals surface area (Å²) in [4.78, 5) is 23.7. The standard InChI is InChI=1S/C14H18N6O2S/c1-4-12-17-20-13(21)6-10(16-14(20)23-12)7-19(5-2)8-11-15-9(3)22-18-11/h6H,4-5,7-8H2,1-3H3. The van der Waals surface area contributed by atoms with Crippen molar-refractivity contribution in [3.05, 3.63) is 38.8 Å². The van der Waals surface area contributed by atoms with Crippen molar-refractivity contribution >= 4 is 16.3 Å². The van der Waals surface area contributed by atoms with Gasteiger partial charge in [-0.15, -0.1) is 0 Å². The molecule has 9 heteroatoms. The molecule has 0 aliphatic heterocycles. The summed E-state index contributed by atoms with van der Waals surface area (Å²) in [7, 11) is 0. The van der Waals surface area contributed by atoms with Crippen molar-refractivity contribution < 1.29 is 4.52 Å². The van der Waals surface area contributed by atoms with Crippen molar-refractivity contribution in [2.45, 2.75) is 40.3 Å². The molecule has 3 heterocycles. The van der Waals surface area contributed by atoms with Crippen LogP contribution in [0.25, 0.3) is 4.96 Å². The number of hydrogen-bond donors (Lipinski definition) is 0. The Balaban J connectivity index is 1.82. The lowest BCUT2D eigenvalue weighted by atomic mass is 10.3. The monoisotopic (exact) mass is 334 g/mol. The molecule has 0 aliphatic rings. The van der Waals surface area contributed by atoms with Gasteiger partial charge in [0.25, 0.3) is 5.56 Å². The molecule has 122 valence electrons. The van der Waals surface area contributed by atoms with E-state index in [-0.39, 0.29) is 5.56 Å². The largest absolute Gasteiger partial charge is 0.340 e. The van der Waals surface area contributed by atoms with Gasteiger partial charge >= 0.3 is 0 Å². The molecule has 0 amide bonds. The topological polar surface area (TPSA) is 89.4 Å². The van der Waals surface area contributed by atoms with E-state index in [1.807, 2.05) is 13.8 Å². The van der Waals surface area contributed by atoms with Gasteiger partial charge in [-0.25, -0.2) is 4.98 Å². The minimum Gasteiger partial charge on any atom is -0.340 e. The maximum Gasteiger partial charge on any atom is 0.275 e. The molecule has 0 unspecified atom stereocenters. The van der Waals surface area contributed by atoms with Crippen LogP contribution in [0.1, 0.15) is 36.3 Å². The Labute approximate surface area is 136 Å². The Kier molecular flexibility index (Phi) is 4.49. The van der Waals surface area contributed by atoms with Crippen molar-refractivity contribution in [3.8, 4) is 0 Å². The summed E-state index contributed by atoms with van der Waals surface area (Å²) in [5.74, 6) is 1.18. The average molecular weight is 334 g/mol. The molecular formula is C14H18N6O2S. The summed E-state index contributed by atoms with van der Waals surface area (Å²) in [5.41, 5.74) is 0.579. The minimum absolute atomic E-state index is 0.146. The molecule has 0 N–H and O–H groups in total. The minimum atomic E-state index is -0.146. The molecule has 8 nitrogen and oxygen atoms in total. The number of aromatic nitrogens is 5. The lowest BCUT2D eigenvalue weighted by Crippen LogP contribution is -2.25. The molecule has 0 aromatic carbocycles. The van der Waals surface area contributed by atoms with Crippen LogP contribution in [0.2, 0.25) is 0 Å². The van der Waals surface area contributed by atoms with Crippen LogP contribution in [-0.2, 0) is 19.5 Å². The molecule has 3 rings (SSSR count). The van der Waals surface area contributed by atoms with Gasteiger partial charge < -0.3 is 4.52 Å². The van der Waals surface area contributed by atoms with E-state index in [4.69, 9.17) is 4.52 Å². The molecule has 0 saturated heterocycles. The van der Waals surface area contributed by atoms with Gasteiger partial charge in [-0.3, -0.25) is 9.69 Å². The summed E-state index contributed by atoms with van der Waals surface area (Å²) >= 11 is 1.45. The zero-order valence-electron chi connectivity index (χ0n) is 13.3. The van der Waals surface area contributed by atoms with Gasteiger partial charge in [0.05, 0.1) is 12.2 Å². The molecule has 0 fully saturated rings. The van der Waals surface area contributed by atoms with Gasteiger partial charge in [-0.1, -0.05) is 30.3 Å². The predicted octanol–water partition coefficient (Wildman–Crippen LogP) is 1.43. The maximum absolute atomic E-state index is 12.2. The second kappa shape index (κ2) is 6.55. The van der Waals surface area contributed by atoms with E-state index < -0.39 is 0 Å². The van der Waals surface area contributed by atoms with E-state index in [1.165, 1.54) is 21.9 Å². The van der Waals surface area contributed by atoms with Gasteiger partial charge in [0, 0.05) is 19.5 Å². The van der Waals surface area contributed by atoms with E-state index in [0.29, 0.717) is 29.8 Å². The van der Waals surface area contributed by atoms with Crippen LogP contribution in [-0.4, -0.2) is 36.2 Å². The van der Waals surface area contributed by atoms with Crippen LogP contribution in [0.3, 0.4) is 0 Å². The first kappa shape index (κ1) is 15.8. The number of aryl methyl sites for hydroxylation is 2. The molecule has 0 saturated carbocycles. The molecule has 3 aromatic rings. The van der Waals surface area contributed by atoms with Gasteiger partial charge in [0.2, 0.25) is 10.9 Å². The van der Waals surface area contributed by atoms with Crippen LogP contribution in [0.4, 0.5) is 0 Å². The third-order valence-electron chi connectivity index (χ3n) is 3.41. The molecule has 0 radical (unpaired) electrons. The van der Waals surface area contributed by atoms with Gasteiger partial charge in [0.15, 0.2) is 5.82 Å². The smallest absolute Gasteiger partial charge is 0.275 e. The molecule has 0 spiro atoms. The van der Waals surface area contributed by atoms with Crippen molar-refractivity contribution in [2.75, 3.05) is 6.54 Å². The molecule has 23 heavy (non-hydrogen) atoms.